The Bertz CT molecular complexity index is 845. The average molecular weight is 469 g/mol. The number of ether oxygens (including phenoxy) is 2. The third-order valence-electron chi connectivity index (χ3n) is 5.62. The maximum atomic E-state index is 14.9. The van der Waals surface area contributed by atoms with Crippen LogP contribution in [0, 0.1) is 5.82 Å². The van der Waals surface area contributed by atoms with Gasteiger partial charge in [-0.3, -0.25) is 9.69 Å². The van der Waals surface area contributed by atoms with Gasteiger partial charge < -0.3 is 29.7 Å². The molecule has 0 bridgehead atoms. The van der Waals surface area contributed by atoms with Gasteiger partial charge in [0.05, 0.1) is 36.1 Å². The molecule has 2 amide bonds. The summed E-state index contributed by atoms with van der Waals surface area (Å²) < 4.78 is 25.3. The molecule has 0 saturated carbocycles. The Kier molecular flexibility index (Phi) is 8.21. The van der Waals surface area contributed by atoms with Crippen molar-refractivity contribution in [1.82, 2.24) is 10.2 Å². The van der Waals surface area contributed by atoms with Gasteiger partial charge in [-0.1, -0.05) is 19.1 Å². The van der Waals surface area contributed by atoms with Crippen LogP contribution in [-0.4, -0.2) is 92.2 Å². The van der Waals surface area contributed by atoms with Crippen LogP contribution in [0.4, 0.5) is 20.6 Å². The number of amides is 2. The first kappa shape index (κ1) is 24.1. The fourth-order valence-electron chi connectivity index (χ4n) is 3.74. The summed E-state index contributed by atoms with van der Waals surface area (Å²) in [5.41, 5.74) is 0.835. The summed E-state index contributed by atoms with van der Waals surface area (Å²) in [6.45, 7) is 3.96. The molecule has 2 aliphatic heterocycles. The molecule has 1 aromatic rings. The molecule has 0 spiro atoms. The normalized spacial score (nSPS) is 19.7. The van der Waals surface area contributed by atoms with Crippen molar-refractivity contribution in [3.63, 3.8) is 0 Å². The number of carbonyl (C=O) groups excluding carboxylic acids is 2. The predicted molar refractivity (Wildman–Crippen MR) is 122 cm³/mol. The van der Waals surface area contributed by atoms with E-state index >= 15 is 0 Å². The quantitative estimate of drug-likeness (QED) is 0.549. The lowest BCUT2D eigenvalue weighted by molar-refractivity contribution is -0.144. The highest BCUT2D eigenvalue weighted by atomic mass is 32.1. The van der Waals surface area contributed by atoms with Gasteiger partial charge in [0.2, 0.25) is 0 Å². The van der Waals surface area contributed by atoms with Crippen LogP contribution in [-0.2, 0) is 14.3 Å². The van der Waals surface area contributed by atoms with Crippen molar-refractivity contribution in [2.45, 2.75) is 25.6 Å². The fourth-order valence-corrected chi connectivity index (χ4v) is 3.82. The number of carbonyl (C=O) groups is 2. The van der Waals surface area contributed by atoms with E-state index in [0.29, 0.717) is 62.1 Å². The molecule has 3 rings (SSSR count). The Morgan fingerprint density at radius 1 is 1.38 bits per heavy atom. The van der Waals surface area contributed by atoms with Crippen molar-refractivity contribution in [3.05, 3.63) is 24.0 Å². The molecule has 2 fully saturated rings. The van der Waals surface area contributed by atoms with Gasteiger partial charge in [-0.2, -0.15) is 0 Å². The SMILES string of the molecule is CCC(=S)NC[C@H]1CN(c2ccc(N3CCN(C(=O)C(CO)OC)CC3)c(F)c2)C(=O)O1. The van der Waals surface area contributed by atoms with Crippen LogP contribution in [0.2, 0.25) is 0 Å². The number of hydrogen-bond donors (Lipinski definition) is 2. The Hall–Kier alpha value is -2.50. The molecule has 11 heteroatoms. The van der Waals surface area contributed by atoms with E-state index in [0.717, 1.165) is 0 Å². The summed E-state index contributed by atoms with van der Waals surface area (Å²) in [4.78, 5) is 30.1. The molecule has 2 heterocycles. The van der Waals surface area contributed by atoms with Crippen LogP contribution in [0.25, 0.3) is 0 Å². The number of nitrogens with one attached hydrogen (secondary N) is 1. The monoisotopic (exact) mass is 468 g/mol. The lowest BCUT2D eigenvalue weighted by Gasteiger charge is -2.37. The molecule has 2 atom stereocenters. The predicted octanol–water partition coefficient (Wildman–Crippen LogP) is 1.13. The van der Waals surface area contributed by atoms with Crippen molar-refractivity contribution >= 4 is 40.6 Å². The number of rotatable bonds is 8. The number of thiocarbonyl (C=S) groups is 1. The molecule has 0 aromatic heterocycles. The van der Waals surface area contributed by atoms with Crippen molar-refractivity contribution in [2.75, 3.05) is 62.8 Å². The Balaban J connectivity index is 1.59. The molecule has 1 aromatic carbocycles. The van der Waals surface area contributed by atoms with Crippen molar-refractivity contribution in [2.24, 2.45) is 0 Å². The summed E-state index contributed by atoms with van der Waals surface area (Å²) in [7, 11) is 1.38. The highest BCUT2D eigenvalue weighted by molar-refractivity contribution is 7.80. The standard InChI is InChI=1S/C21H29FN4O5S/c1-3-19(32)23-11-15-12-26(21(29)31-15)14-4-5-17(16(22)10-14)24-6-8-25(9-7-24)20(28)18(13-27)30-2/h4-5,10,15,18,27H,3,6-9,11-13H2,1-2H3,(H,23,32)/t15-,18?/m0/s1. The second-order valence-electron chi connectivity index (χ2n) is 7.63. The summed E-state index contributed by atoms with van der Waals surface area (Å²) >= 11 is 5.12. The van der Waals surface area contributed by atoms with E-state index in [-0.39, 0.29) is 18.6 Å². The number of benzene rings is 1. The van der Waals surface area contributed by atoms with Gasteiger partial charge in [-0.05, 0) is 24.6 Å². The topological polar surface area (TPSA) is 94.6 Å². The molecule has 0 aliphatic carbocycles. The Morgan fingerprint density at radius 2 is 2.09 bits per heavy atom. The average Bonchev–Trinajstić information content (AvgIpc) is 3.18. The third-order valence-corrected chi connectivity index (χ3v) is 6.06. The first-order valence-corrected chi connectivity index (χ1v) is 11.0. The first-order chi connectivity index (χ1) is 15.4. The van der Waals surface area contributed by atoms with Gasteiger partial charge >= 0.3 is 6.09 Å². The number of methoxy groups -OCH3 is 1. The van der Waals surface area contributed by atoms with Crippen LogP contribution >= 0.6 is 12.2 Å². The van der Waals surface area contributed by atoms with E-state index in [1.54, 1.807) is 17.0 Å². The Morgan fingerprint density at radius 3 is 2.69 bits per heavy atom. The maximum absolute atomic E-state index is 14.9. The number of cyclic esters (lactones) is 1. The molecule has 2 aliphatic rings. The second-order valence-corrected chi connectivity index (χ2v) is 8.12. The Labute approximate surface area is 192 Å². The highest BCUT2D eigenvalue weighted by Gasteiger charge is 2.33. The van der Waals surface area contributed by atoms with Crippen molar-refractivity contribution in [3.8, 4) is 0 Å². The minimum Gasteiger partial charge on any atom is -0.442 e. The van der Waals surface area contributed by atoms with Gasteiger partial charge in [0.15, 0.2) is 6.10 Å². The summed E-state index contributed by atoms with van der Waals surface area (Å²) in [6.07, 6.45) is -1.05. The molecule has 2 saturated heterocycles. The number of aliphatic hydroxyl groups excluding tert-OH is 1. The van der Waals surface area contributed by atoms with E-state index < -0.39 is 18.0 Å². The number of anilines is 2. The first-order valence-electron chi connectivity index (χ1n) is 10.6. The van der Waals surface area contributed by atoms with Gasteiger partial charge in [0, 0.05) is 33.3 Å². The molecule has 0 radical (unpaired) electrons. The number of hydrogen-bond acceptors (Lipinski definition) is 7. The highest BCUT2D eigenvalue weighted by Crippen LogP contribution is 2.28. The maximum Gasteiger partial charge on any atom is 0.414 e. The van der Waals surface area contributed by atoms with E-state index in [2.05, 4.69) is 5.32 Å². The van der Waals surface area contributed by atoms with Crippen LogP contribution in [0.15, 0.2) is 18.2 Å². The van der Waals surface area contributed by atoms with E-state index in [1.807, 2.05) is 11.8 Å². The molecule has 9 nitrogen and oxygen atoms in total. The lowest BCUT2D eigenvalue weighted by Crippen LogP contribution is -2.52. The van der Waals surface area contributed by atoms with E-state index in [1.165, 1.54) is 18.1 Å². The molecule has 32 heavy (non-hydrogen) atoms. The number of piperazine rings is 1. The zero-order valence-corrected chi connectivity index (χ0v) is 19.1. The van der Waals surface area contributed by atoms with Gasteiger partial charge in [-0.15, -0.1) is 0 Å². The molecular formula is C21H29FN4O5S. The van der Waals surface area contributed by atoms with Crippen LogP contribution in [0.3, 0.4) is 0 Å². The molecule has 1 unspecified atom stereocenters. The minimum atomic E-state index is -0.880. The fraction of sp³-hybridized carbons (Fsp3) is 0.571. The van der Waals surface area contributed by atoms with Crippen molar-refractivity contribution < 1.29 is 28.6 Å². The largest absolute Gasteiger partial charge is 0.442 e. The second kappa shape index (κ2) is 10.9. The lowest BCUT2D eigenvalue weighted by atomic mass is 10.2. The van der Waals surface area contributed by atoms with E-state index in [9.17, 15) is 19.1 Å². The van der Waals surface area contributed by atoms with Crippen molar-refractivity contribution in [1.29, 1.82) is 0 Å². The van der Waals surface area contributed by atoms with Gasteiger partial charge in [0.1, 0.15) is 11.9 Å². The van der Waals surface area contributed by atoms with Gasteiger partial charge in [0.25, 0.3) is 5.91 Å². The summed E-state index contributed by atoms with van der Waals surface area (Å²) in [6, 6.07) is 4.66. The number of nitrogens with zero attached hydrogens (tertiary/aromatic N) is 3. The zero-order chi connectivity index (χ0) is 23.3. The summed E-state index contributed by atoms with van der Waals surface area (Å²) in [5, 5.41) is 12.3. The molecule has 2 N–H and O–H groups in total. The van der Waals surface area contributed by atoms with Crippen LogP contribution < -0.4 is 15.1 Å². The van der Waals surface area contributed by atoms with E-state index in [4.69, 9.17) is 21.7 Å². The van der Waals surface area contributed by atoms with Gasteiger partial charge in [-0.25, -0.2) is 9.18 Å². The third kappa shape index (κ3) is 5.45. The van der Waals surface area contributed by atoms with Crippen LogP contribution in [0.5, 0.6) is 0 Å². The zero-order valence-electron chi connectivity index (χ0n) is 18.3. The summed E-state index contributed by atoms with van der Waals surface area (Å²) in [5.74, 6) is -0.726. The molecular weight excluding hydrogens is 439 g/mol. The van der Waals surface area contributed by atoms with Crippen LogP contribution in [0.1, 0.15) is 13.3 Å². The minimum absolute atomic E-state index is 0.276. The smallest absolute Gasteiger partial charge is 0.414 e. The molecule has 176 valence electrons. The number of aliphatic hydroxyl groups is 1. The number of halogens is 1.